The lowest BCUT2D eigenvalue weighted by Crippen LogP contribution is -2.06. The van der Waals surface area contributed by atoms with Crippen LogP contribution in [0.4, 0.5) is 0 Å². The van der Waals surface area contributed by atoms with Gasteiger partial charge < -0.3 is 4.74 Å². The zero-order chi connectivity index (χ0) is 14.4. The van der Waals surface area contributed by atoms with Crippen LogP contribution in [0.2, 0.25) is 15.1 Å². The Kier molecular flexibility index (Phi) is 3.50. The third kappa shape index (κ3) is 2.04. The van der Waals surface area contributed by atoms with Gasteiger partial charge in [-0.2, -0.15) is 0 Å². The zero-order valence-electron chi connectivity index (χ0n) is 10.0. The number of aromatic nitrogens is 1. The van der Waals surface area contributed by atoms with Crippen LogP contribution in [0.5, 0.6) is 5.75 Å². The lowest BCUT2D eigenvalue weighted by Gasteiger charge is -2.11. The molecule has 1 aromatic rings. The third-order valence-electron chi connectivity index (χ3n) is 2.82. The Morgan fingerprint density at radius 1 is 1.15 bits per heavy atom. The summed E-state index contributed by atoms with van der Waals surface area (Å²) in [6.45, 7) is 0. The van der Waals surface area contributed by atoms with E-state index in [0.29, 0.717) is 16.3 Å². The molecule has 3 rings (SSSR count). The smallest absolute Gasteiger partial charge is 0.218 e. The molecular formula is C13H6Cl3NO2S. The average Bonchev–Trinajstić information content (AvgIpc) is 2.48. The summed E-state index contributed by atoms with van der Waals surface area (Å²) in [6.07, 6.45) is 0. The van der Waals surface area contributed by atoms with Crippen LogP contribution in [0.25, 0.3) is 20.8 Å². The summed E-state index contributed by atoms with van der Waals surface area (Å²) in [5, 5.41) is 0.0679. The topological polar surface area (TPSA) is 39.2 Å². The molecule has 0 spiro atoms. The summed E-state index contributed by atoms with van der Waals surface area (Å²) in [5.74, 6) is 0.702. The Morgan fingerprint density at radius 3 is 2.60 bits per heavy atom. The molecule has 20 heavy (non-hydrogen) atoms. The predicted molar refractivity (Wildman–Crippen MR) is 84.1 cm³/mol. The first-order chi connectivity index (χ1) is 9.52. The van der Waals surface area contributed by atoms with E-state index in [1.165, 1.54) is 11.3 Å². The quantitative estimate of drug-likeness (QED) is 0.472. The summed E-state index contributed by atoms with van der Waals surface area (Å²) in [5.41, 5.74) is 0.686. The maximum atomic E-state index is 11.9. The van der Waals surface area contributed by atoms with Gasteiger partial charge in [0, 0.05) is 0 Å². The molecule has 0 fully saturated rings. The summed E-state index contributed by atoms with van der Waals surface area (Å²) in [4.78, 5) is 16.8. The van der Waals surface area contributed by atoms with Crippen molar-refractivity contribution in [2.24, 2.45) is 0 Å². The van der Waals surface area contributed by atoms with Crippen LogP contribution in [0.1, 0.15) is 0 Å². The maximum Gasteiger partial charge on any atom is 0.218 e. The highest BCUT2D eigenvalue weighted by atomic mass is 35.5. The molecule has 0 radical (unpaired) electrons. The molecule has 1 aliphatic carbocycles. The molecule has 0 bridgehead atoms. The van der Waals surface area contributed by atoms with Crippen LogP contribution in [0, 0.1) is 0 Å². The first-order valence-electron chi connectivity index (χ1n) is 5.48. The number of fused-ring (bicyclic) bond motifs is 2. The largest absolute Gasteiger partial charge is 0.497 e. The normalized spacial score (nSPS) is 11.2. The van der Waals surface area contributed by atoms with Crippen LogP contribution >= 0.6 is 46.1 Å². The Bertz CT molecular complexity index is 862. The highest BCUT2D eigenvalue weighted by Gasteiger charge is 2.22. The van der Waals surface area contributed by atoms with Crippen molar-refractivity contribution in [3.05, 3.63) is 43.5 Å². The van der Waals surface area contributed by atoms with Crippen LogP contribution in [0.15, 0.2) is 23.0 Å². The lowest BCUT2D eigenvalue weighted by atomic mass is 10.2. The highest BCUT2D eigenvalue weighted by molar-refractivity contribution is 7.22. The van der Waals surface area contributed by atoms with Gasteiger partial charge in [-0.1, -0.05) is 34.8 Å². The minimum absolute atomic E-state index is 0.0385. The number of hydrogen-bond acceptors (Lipinski definition) is 4. The number of benzene rings is 2. The zero-order valence-corrected chi connectivity index (χ0v) is 13.1. The molecule has 0 amide bonds. The minimum Gasteiger partial charge on any atom is -0.497 e. The number of rotatable bonds is 1. The second-order valence-electron chi connectivity index (χ2n) is 4.00. The number of halogens is 3. The number of ether oxygens (including phenoxy) is 1. The molecular weight excluding hydrogens is 341 g/mol. The fourth-order valence-electron chi connectivity index (χ4n) is 1.83. The van der Waals surface area contributed by atoms with Gasteiger partial charge in [0.15, 0.2) is 0 Å². The average molecular weight is 347 g/mol. The molecule has 102 valence electrons. The fraction of sp³-hybridized carbons (Fsp3) is 0.0769. The fourth-order valence-corrected chi connectivity index (χ4v) is 3.68. The molecule has 0 saturated heterocycles. The van der Waals surface area contributed by atoms with E-state index in [9.17, 15) is 4.79 Å². The molecule has 0 N–H and O–H groups in total. The number of methoxy groups -OCH3 is 1. The van der Waals surface area contributed by atoms with E-state index in [2.05, 4.69) is 4.98 Å². The van der Waals surface area contributed by atoms with E-state index < -0.39 is 5.43 Å². The standard InChI is InChI=1S/C13H6Cl3NO2S/c1-19-5-2-3-6-7(4-5)20-13-10(16)12(18)9(15)8(14)11(13)17-6/h2-4H,1H3. The van der Waals surface area contributed by atoms with Crippen molar-refractivity contribution < 1.29 is 4.74 Å². The predicted octanol–water partition coefficient (Wildman–Crippen LogP) is 4.73. The maximum absolute atomic E-state index is 11.9. The van der Waals surface area contributed by atoms with Gasteiger partial charge in [-0.25, -0.2) is 4.98 Å². The van der Waals surface area contributed by atoms with E-state index >= 15 is 0 Å². The van der Waals surface area contributed by atoms with Gasteiger partial charge in [0.05, 0.1) is 27.2 Å². The number of nitrogens with zero attached hydrogens (tertiary/aromatic N) is 1. The molecule has 1 aliphatic heterocycles. The molecule has 0 aromatic heterocycles. The van der Waals surface area contributed by atoms with E-state index in [1.807, 2.05) is 12.1 Å². The van der Waals surface area contributed by atoms with E-state index in [0.717, 1.165) is 10.2 Å². The van der Waals surface area contributed by atoms with E-state index in [4.69, 9.17) is 39.5 Å². The second-order valence-corrected chi connectivity index (χ2v) is 6.18. The van der Waals surface area contributed by atoms with Crippen molar-refractivity contribution in [2.75, 3.05) is 7.11 Å². The molecule has 7 heteroatoms. The molecule has 0 atom stereocenters. The van der Waals surface area contributed by atoms with Crippen LogP contribution < -0.4 is 10.2 Å². The Hall–Kier alpha value is -1.07. The molecule has 2 aliphatic rings. The van der Waals surface area contributed by atoms with Gasteiger partial charge in [0.2, 0.25) is 5.43 Å². The van der Waals surface area contributed by atoms with Crippen molar-refractivity contribution in [3.8, 4) is 16.3 Å². The molecule has 0 saturated carbocycles. The summed E-state index contributed by atoms with van der Waals surface area (Å²) >= 11 is 19.4. The van der Waals surface area contributed by atoms with Crippen molar-refractivity contribution in [3.63, 3.8) is 0 Å². The molecule has 1 heterocycles. The first kappa shape index (κ1) is 13.9. The molecule has 3 nitrogen and oxygen atoms in total. The van der Waals surface area contributed by atoms with E-state index in [1.54, 1.807) is 13.2 Å². The highest BCUT2D eigenvalue weighted by Crippen LogP contribution is 2.41. The summed E-state index contributed by atoms with van der Waals surface area (Å²) < 4.78 is 6.01. The SMILES string of the molecule is COc1ccc2nc3c(Cl)c(Cl)c(=O)c(Cl)c-3sc2c1. The van der Waals surface area contributed by atoms with Gasteiger partial charge in [0.1, 0.15) is 21.5 Å². The monoisotopic (exact) mass is 345 g/mol. The van der Waals surface area contributed by atoms with Crippen molar-refractivity contribution >= 4 is 56.4 Å². The van der Waals surface area contributed by atoms with Gasteiger partial charge >= 0.3 is 0 Å². The van der Waals surface area contributed by atoms with Crippen molar-refractivity contribution in [1.82, 2.24) is 4.98 Å². The van der Waals surface area contributed by atoms with Crippen molar-refractivity contribution in [2.45, 2.75) is 0 Å². The van der Waals surface area contributed by atoms with Crippen LogP contribution in [-0.2, 0) is 0 Å². The summed E-state index contributed by atoms with van der Waals surface area (Å²) in [6, 6.07) is 5.44. The molecule has 1 aromatic carbocycles. The Balaban J connectivity index is 2.48. The molecule has 0 unspecified atom stereocenters. The first-order valence-corrected chi connectivity index (χ1v) is 7.43. The Labute approximate surface area is 133 Å². The van der Waals surface area contributed by atoms with Gasteiger partial charge in [0.25, 0.3) is 0 Å². The van der Waals surface area contributed by atoms with Crippen molar-refractivity contribution in [1.29, 1.82) is 0 Å². The van der Waals surface area contributed by atoms with Gasteiger partial charge in [-0.05, 0) is 18.2 Å². The van der Waals surface area contributed by atoms with Gasteiger partial charge in [-0.3, -0.25) is 4.79 Å². The van der Waals surface area contributed by atoms with E-state index in [-0.39, 0.29) is 15.1 Å². The second kappa shape index (κ2) is 5.04. The Morgan fingerprint density at radius 2 is 1.90 bits per heavy atom. The minimum atomic E-state index is -0.480. The van der Waals surface area contributed by atoms with Crippen LogP contribution in [0.3, 0.4) is 0 Å². The third-order valence-corrected chi connectivity index (χ3v) is 5.27. The summed E-state index contributed by atoms with van der Waals surface area (Å²) in [7, 11) is 1.58. The lowest BCUT2D eigenvalue weighted by molar-refractivity contribution is 0.415. The van der Waals surface area contributed by atoms with Gasteiger partial charge in [-0.15, -0.1) is 11.3 Å². The van der Waals surface area contributed by atoms with Crippen LogP contribution in [-0.4, -0.2) is 12.1 Å². The number of hydrogen-bond donors (Lipinski definition) is 0.